The highest BCUT2D eigenvalue weighted by Crippen LogP contribution is 2.29. The Morgan fingerprint density at radius 1 is 1.06 bits per heavy atom. The van der Waals surface area contributed by atoms with Crippen LogP contribution in [-0.2, 0) is 6.42 Å². The van der Waals surface area contributed by atoms with E-state index in [4.69, 9.17) is 0 Å². The van der Waals surface area contributed by atoms with Gasteiger partial charge in [-0.05, 0) is 42.2 Å². The molecular weight excluding hydrogens is 230 g/mol. The van der Waals surface area contributed by atoms with Crippen LogP contribution in [0.3, 0.4) is 0 Å². The summed E-state index contributed by atoms with van der Waals surface area (Å²) in [5.41, 5.74) is 2.76. The van der Waals surface area contributed by atoms with Gasteiger partial charge in [-0.1, -0.05) is 36.4 Å². The molecule has 1 nitrogen and oxygen atoms in total. The molecule has 0 amide bonds. The summed E-state index contributed by atoms with van der Waals surface area (Å²) in [6.07, 6.45) is 3.05. The van der Waals surface area contributed by atoms with E-state index in [9.17, 15) is 0 Å². The monoisotopic (exact) mass is 245 g/mol. The van der Waals surface area contributed by atoms with E-state index in [0.717, 1.165) is 6.42 Å². The van der Waals surface area contributed by atoms with Crippen LogP contribution in [0.15, 0.2) is 41.4 Å². The highest BCUT2D eigenvalue weighted by Gasteiger charge is 2.22. The van der Waals surface area contributed by atoms with Gasteiger partial charge in [0.2, 0.25) is 0 Å². The summed E-state index contributed by atoms with van der Waals surface area (Å²) in [4.78, 5) is 4.58. The minimum atomic E-state index is 0. The lowest BCUT2D eigenvalue weighted by Gasteiger charge is -2.26. The van der Waals surface area contributed by atoms with Crippen molar-refractivity contribution in [3.05, 3.63) is 47.5 Å². The fraction of sp³-hybridized carbons (Fsp3) is 0.267. The van der Waals surface area contributed by atoms with E-state index in [1.807, 2.05) is 6.21 Å². The van der Waals surface area contributed by atoms with Gasteiger partial charge in [-0.2, -0.15) is 0 Å². The van der Waals surface area contributed by atoms with Crippen LogP contribution >= 0.6 is 12.4 Å². The SMILES string of the molecule is CC1(C)Cc2c(ccc3ccccc23)C=N1.Cl. The van der Waals surface area contributed by atoms with Gasteiger partial charge in [-0.25, -0.2) is 0 Å². The van der Waals surface area contributed by atoms with Crippen molar-refractivity contribution >= 4 is 29.4 Å². The van der Waals surface area contributed by atoms with Crippen LogP contribution in [-0.4, -0.2) is 11.8 Å². The second kappa shape index (κ2) is 4.15. The normalized spacial score (nSPS) is 16.4. The lowest BCUT2D eigenvalue weighted by molar-refractivity contribution is 0.518. The van der Waals surface area contributed by atoms with Gasteiger partial charge in [-0.15, -0.1) is 12.4 Å². The first-order valence-corrected chi connectivity index (χ1v) is 5.72. The Bertz CT molecular complexity index is 584. The number of halogens is 1. The van der Waals surface area contributed by atoms with Crippen molar-refractivity contribution < 1.29 is 0 Å². The van der Waals surface area contributed by atoms with E-state index in [-0.39, 0.29) is 17.9 Å². The fourth-order valence-corrected chi connectivity index (χ4v) is 2.39. The zero-order chi connectivity index (χ0) is 11.2. The summed E-state index contributed by atoms with van der Waals surface area (Å²) in [6, 6.07) is 12.9. The smallest absolute Gasteiger partial charge is 0.0592 e. The number of nitrogens with zero attached hydrogens (tertiary/aromatic N) is 1. The third kappa shape index (κ3) is 2.07. The van der Waals surface area contributed by atoms with E-state index in [1.54, 1.807) is 0 Å². The molecule has 0 N–H and O–H groups in total. The quantitative estimate of drug-likeness (QED) is 0.665. The van der Waals surface area contributed by atoms with Gasteiger partial charge in [0, 0.05) is 6.21 Å². The molecule has 0 fully saturated rings. The Balaban J connectivity index is 0.00000108. The van der Waals surface area contributed by atoms with Gasteiger partial charge in [-0.3, -0.25) is 4.99 Å². The Labute approximate surface area is 108 Å². The maximum atomic E-state index is 4.58. The van der Waals surface area contributed by atoms with Gasteiger partial charge in [0.15, 0.2) is 0 Å². The maximum absolute atomic E-state index is 4.58. The minimum absolute atomic E-state index is 0. The summed E-state index contributed by atoms with van der Waals surface area (Å²) in [7, 11) is 0. The number of benzene rings is 2. The average Bonchev–Trinajstić information content (AvgIpc) is 2.28. The highest BCUT2D eigenvalue weighted by molar-refractivity contribution is 5.95. The van der Waals surface area contributed by atoms with Crippen molar-refractivity contribution in [2.75, 3.05) is 0 Å². The Kier molecular flexibility index (Phi) is 2.96. The Morgan fingerprint density at radius 3 is 2.65 bits per heavy atom. The van der Waals surface area contributed by atoms with Gasteiger partial charge < -0.3 is 0 Å². The largest absolute Gasteiger partial charge is 0.286 e. The van der Waals surface area contributed by atoms with Crippen molar-refractivity contribution in [1.82, 2.24) is 0 Å². The zero-order valence-electron chi connectivity index (χ0n) is 10.1. The number of fused-ring (bicyclic) bond motifs is 3. The molecule has 0 saturated carbocycles. The number of aliphatic imine (C=N–C) groups is 1. The van der Waals surface area contributed by atoms with Crippen molar-refractivity contribution in [2.45, 2.75) is 25.8 Å². The summed E-state index contributed by atoms with van der Waals surface area (Å²) >= 11 is 0. The number of rotatable bonds is 0. The summed E-state index contributed by atoms with van der Waals surface area (Å²) in [5, 5.41) is 2.70. The molecule has 17 heavy (non-hydrogen) atoms. The molecule has 0 spiro atoms. The molecule has 2 aromatic rings. The van der Waals surface area contributed by atoms with Crippen LogP contribution in [0.5, 0.6) is 0 Å². The van der Waals surface area contributed by atoms with Crippen molar-refractivity contribution in [1.29, 1.82) is 0 Å². The molecule has 1 aliphatic heterocycles. The molecule has 0 atom stereocenters. The highest BCUT2D eigenvalue weighted by atomic mass is 35.5. The van der Waals surface area contributed by atoms with Crippen molar-refractivity contribution in [3.8, 4) is 0 Å². The van der Waals surface area contributed by atoms with E-state index in [2.05, 4.69) is 55.2 Å². The second-order valence-electron chi connectivity index (χ2n) is 5.10. The molecule has 0 unspecified atom stereocenters. The van der Waals surface area contributed by atoms with E-state index in [1.165, 1.54) is 21.9 Å². The molecule has 3 rings (SSSR count). The van der Waals surface area contributed by atoms with Crippen LogP contribution < -0.4 is 0 Å². The van der Waals surface area contributed by atoms with Gasteiger partial charge >= 0.3 is 0 Å². The van der Waals surface area contributed by atoms with E-state index >= 15 is 0 Å². The molecule has 1 heterocycles. The molecule has 0 aliphatic carbocycles. The van der Waals surface area contributed by atoms with Crippen LogP contribution in [0.1, 0.15) is 25.0 Å². The maximum Gasteiger partial charge on any atom is 0.0592 e. The van der Waals surface area contributed by atoms with Crippen molar-refractivity contribution in [2.24, 2.45) is 4.99 Å². The fourth-order valence-electron chi connectivity index (χ4n) is 2.39. The number of hydrogen-bond donors (Lipinski definition) is 0. The van der Waals surface area contributed by atoms with Crippen molar-refractivity contribution in [3.63, 3.8) is 0 Å². The van der Waals surface area contributed by atoms with E-state index < -0.39 is 0 Å². The third-order valence-corrected chi connectivity index (χ3v) is 3.24. The summed E-state index contributed by atoms with van der Waals surface area (Å²) in [5.74, 6) is 0. The first-order chi connectivity index (χ1) is 7.66. The zero-order valence-corrected chi connectivity index (χ0v) is 10.9. The van der Waals surface area contributed by atoms with Gasteiger partial charge in [0.05, 0.1) is 5.54 Å². The van der Waals surface area contributed by atoms with Gasteiger partial charge in [0.25, 0.3) is 0 Å². The summed E-state index contributed by atoms with van der Waals surface area (Å²) < 4.78 is 0. The molecule has 88 valence electrons. The number of hydrogen-bond acceptors (Lipinski definition) is 1. The minimum Gasteiger partial charge on any atom is -0.286 e. The predicted molar refractivity (Wildman–Crippen MR) is 76.6 cm³/mol. The van der Waals surface area contributed by atoms with Crippen LogP contribution in [0.25, 0.3) is 10.8 Å². The molecule has 2 aromatic carbocycles. The Hall–Kier alpha value is -1.34. The molecule has 0 aromatic heterocycles. The Morgan fingerprint density at radius 2 is 1.82 bits per heavy atom. The molecule has 0 saturated heterocycles. The molecule has 2 heteroatoms. The first-order valence-electron chi connectivity index (χ1n) is 5.72. The second-order valence-corrected chi connectivity index (χ2v) is 5.10. The topological polar surface area (TPSA) is 12.4 Å². The molecule has 0 radical (unpaired) electrons. The molecular formula is C15H16ClN. The molecule has 0 bridgehead atoms. The lowest BCUT2D eigenvalue weighted by Crippen LogP contribution is -2.25. The van der Waals surface area contributed by atoms with E-state index in [0.29, 0.717) is 0 Å². The average molecular weight is 246 g/mol. The van der Waals surface area contributed by atoms with Gasteiger partial charge in [0.1, 0.15) is 0 Å². The third-order valence-electron chi connectivity index (χ3n) is 3.24. The van der Waals surface area contributed by atoms with Crippen LogP contribution in [0, 0.1) is 0 Å². The molecule has 1 aliphatic rings. The summed E-state index contributed by atoms with van der Waals surface area (Å²) in [6.45, 7) is 4.38. The predicted octanol–water partition coefficient (Wildman–Crippen LogP) is 4.02. The van der Waals surface area contributed by atoms with Crippen LogP contribution in [0.4, 0.5) is 0 Å². The standard InChI is InChI=1S/C15H15N.ClH/c1-15(2)9-14-12(10-16-15)8-7-11-5-3-4-6-13(11)14;/h3-8,10H,9H2,1-2H3;1H. The lowest BCUT2D eigenvalue weighted by atomic mass is 9.86. The first kappa shape index (κ1) is 12.1. The van der Waals surface area contributed by atoms with Crippen LogP contribution in [0.2, 0.25) is 0 Å².